The van der Waals surface area contributed by atoms with Gasteiger partial charge in [0.05, 0.1) is 0 Å². The van der Waals surface area contributed by atoms with E-state index < -0.39 is 0 Å². The van der Waals surface area contributed by atoms with Crippen LogP contribution in [-0.2, 0) is 6.54 Å². The summed E-state index contributed by atoms with van der Waals surface area (Å²) in [5.74, 6) is 0. The quantitative estimate of drug-likeness (QED) is 0.687. The van der Waals surface area contributed by atoms with E-state index in [1.807, 2.05) is 24.3 Å². The van der Waals surface area contributed by atoms with Crippen LogP contribution in [0.15, 0.2) is 59.2 Å². The molecule has 20 heavy (non-hydrogen) atoms. The number of benzene rings is 2. The maximum absolute atomic E-state index is 6.00. The molecule has 0 aliphatic carbocycles. The molecule has 102 valence electrons. The summed E-state index contributed by atoms with van der Waals surface area (Å²) in [4.78, 5) is 0. The fraction of sp³-hybridized carbons (Fsp3) is 0.125. The van der Waals surface area contributed by atoms with Gasteiger partial charge in [-0.1, -0.05) is 27.5 Å². The predicted molar refractivity (Wildman–Crippen MR) is 89.6 cm³/mol. The van der Waals surface area contributed by atoms with Crippen molar-refractivity contribution in [2.24, 2.45) is 0 Å². The summed E-state index contributed by atoms with van der Waals surface area (Å²) >= 11 is 9.44. The first-order valence-electron chi connectivity index (χ1n) is 6.46. The minimum Gasteiger partial charge on any atom is -0.383 e. The van der Waals surface area contributed by atoms with Crippen LogP contribution in [0.25, 0.3) is 10.9 Å². The first-order valence-corrected chi connectivity index (χ1v) is 7.63. The molecule has 1 heterocycles. The molecule has 1 N–H and O–H groups in total. The molecule has 0 fully saturated rings. The van der Waals surface area contributed by atoms with Crippen LogP contribution in [0.5, 0.6) is 0 Å². The van der Waals surface area contributed by atoms with E-state index in [9.17, 15) is 0 Å². The lowest BCUT2D eigenvalue weighted by Crippen LogP contribution is -2.09. The first-order chi connectivity index (χ1) is 9.72. The number of anilines is 1. The Balaban J connectivity index is 1.66. The standard InChI is InChI=1S/C16H14BrClN2/c17-13-1-4-15(5-2-13)19-8-10-20-9-7-12-11-14(18)3-6-16(12)20/h1-7,9,11,19H,8,10H2. The molecule has 3 rings (SSSR count). The fourth-order valence-electron chi connectivity index (χ4n) is 2.25. The third kappa shape index (κ3) is 3.00. The highest BCUT2D eigenvalue weighted by Crippen LogP contribution is 2.20. The van der Waals surface area contributed by atoms with Gasteiger partial charge in [0.2, 0.25) is 0 Å². The monoisotopic (exact) mass is 348 g/mol. The minimum atomic E-state index is 0.781. The van der Waals surface area contributed by atoms with Crippen LogP contribution in [0.3, 0.4) is 0 Å². The molecule has 1 aromatic heterocycles. The van der Waals surface area contributed by atoms with Gasteiger partial charge in [0.15, 0.2) is 0 Å². The molecule has 4 heteroatoms. The van der Waals surface area contributed by atoms with Crippen LogP contribution < -0.4 is 5.32 Å². The third-order valence-electron chi connectivity index (χ3n) is 3.26. The maximum atomic E-state index is 6.00. The fourth-order valence-corrected chi connectivity index (χ4v) is 2.70. The Hall–Kier alpha value is -1.45. The molecule has 3 aromatic rings. The maximum Gasteiger partial charge on any atom is 0.0481 e. The van der Waals surface area contributed by atoms with Crippen LogP contribution in [0, 0.1) is 0 Å². The van der Waals surface area contributed by atoms with Crippen molar-refractivity contribution in [1.82, 2.24) is 4.57 Å². The van der Waals surface area contributed by atoms with E-state index in [0.29, 0.717) is 0 Å². The van der Waals surface area contributed by atoms with Gasteiger partial charge in [-0.2, -0.15) is 0 Å². The highest BCUT2D eigenvalue weighted by Gasteiger charge is 2.01. The smallest absolute Gasteiger partial charge is 0.0481 e. The van der Waals surface area contributed by atoms with Crippen LogP contribution in [0.4, 0.5) is 5.69 Å². The van der Waals surface area contributed by atoms with Crippen molar-refractivity contribution in [2.45, 2.75) is 6.54 Å². The van der Waals surface area contributed by atoms with Gasteiger partial charge in [0.25, 0.3) is 0 Å². The Morgan fingerprint density at radius 3 is 2.65 bits per heavy atom. The third-order valence-corrected chi connectivity index (χ3v) is 4.02. The molecule has 0 bridgehead atoms. The zero-order valence-corrected chi connectivity index (χ0v) is 13.2. The van der Waals surface area contributed by atoms with Crippen molar-refractivity contribution in [3.8, 4) is 0 Å². The van der Waals surface area contributed by atoms with Gasteiger partial charge < -0.3 is 9.88 Å². The molecule has 0 spiro atoms. The number of aromatic nitrogens is 1. The van der Waals surface area contributed by atoms with Crippen molar-refractivity contribution in [1.29, 1.82) is 0 Å². The molecule has 0 radical (unpaired) electrons. The van der Waals surface area contributed by atoms with Crippen molar-refractivity contribution < 1.29 is 0 Å². The van der Waals surface area contributed by atoms with E-state index in [0.717, 1.165) is 28.3 Å². The molecular weight excluding hydrogens is 336 g/mol. The first kappa shape index (κ1) is 13.5. The summed E-state index contributed by atoms with van der Waals surface area (Å²) in [6, 6.07) is 16.3. The number of rotatable bonds is 4. The topological polar surface area (TPSA) is 17.0 Å². The van der Waals surface area contributed by atoms with Crippen LogP contribution >= 0.6 is 27.5 Å². The van der Waals surface area contributed by atoms with Crippen molar-refractivity contribution in [3.05, 3.63) is 64.2 Å². The Bertz CT molecular complexity index is 719. The molecule has 2 nitrogen and oxygen atoms in total. The summed E-state index contributed by atoms with van der Waals surface area (Å²) < 4.78 is 3.33. The summed E-state index contributed by atoms with van der Waals surface area (Å²) in [5, 5.41) is 5.38. The number of nitrogens with zero attached hydrogens (tertiary/aromatic N) is 1. The van der Waals surface area contributed by atoms with Gasteiger partial charge in [0.1, 0.15) is 0 Å². The largest absolute Gasteiger partial charge is 0.383 e. The summed E-state index contributed by atoms with van der Waals surface area (Å²) in [7, 11) is 0. The average molecular weight is 350 g/mol. The van der Waals surface area contributed by atoms with Crippen LogP contribution in [0.1, 0.15) is 0 Å². The highest BCUT2D eigenvalue weighted by atomic mass is 79.9. The molecule has 0 atom stereocenters. The van der Waals surface area contributed by atoms with E-state index in [1.54, 1.807) is 0 Å². The van der Waals surface area contributed by atoms with Gasteiger partial charge in [-0.3, -0.25) is 0 Å². The normalized spacial score (nSPS) is 10.9. The Morgan fingerprint density at radius 1 is 1.05 bits per heavy atom. The molecule has 0 saturated heterocycles. The van der Waals surface area contributed by atoms with Crippen molar-refractivity contribution >= 4 is 44.1 Å². The van der Waals surface area contributed by atoms with E-state index >= 15 is 0 Å². The Labute approximate surface area is 131 Å². The van der Waals surface area contributed by atoms with Gasteiger partial charge in [-0.25, -0.2) is 0 Å². The Kier molecular flexibility index (Phi) is 3.99. The highest BCUT2D eigenvalue weighted by molar-refractivity contribution is 9.10. The zero-order valence-electron chi connectivity index (χ0n) is 10.8. The van der Waals surface area contributed by atoms with Crippen molar-refractivity contribution in [2.75, 3.05) is 11.9 Å². The van der Waals surface area contributed by atoms with Crippen LogP contribution in [0.2, 0.25) is 5.02 Å². The predicted octanol–water partition coefficient (Wildman–Crippen LogP) is 5.17. The average Bonchev–Trinajstić information content (AvgIpc) is 2.83. The molecule has 0 aliphatic heterocycles. The molecule has 0 amide bonds. The zero-order chi connectivity index (χ0) is 13.9. The molecular formula is C16H14BrClN2. The van der Waals surface area contributed by atoms with E-state index in [1.165, 1.54) is 10.9 Å². The molecule has 0 aliphatic rings. The van der Waals surface area contributed by atoms with E-state index in [2.05, 4.69) is 56.3 Å². The lowest BCUT2D eigenvalue weighted by Gasteiger charge is -2.09. The molecule has 2 aromatic carbocycles. The van der Waals surface area contributed by atoms with Crippen LogP contribution in [-0.4, -0.2) is 11.1 Å². The summed E-state index contributed by atoms with van der Waals surface area (Å²) in [5.41, 5.74) is 2.35. The summed E-state index contributed by atoms with van der Waals surface area (Å²) in [6.45, 7) is 1.80. The number of hydrogen-bond acceptors (Lipinski definition) is 1. The van der Waals surface area contributed by atoms with E-state index in [-0.39, 0.29) is 0 Å². The van der Waals surface area contributed by atoms with Gasteiger partial charge >= 0.3 is 0 Å². The summed E-state index contributed by atoms with van der Waals surface area (Å²) in [6.07, 6.45) is 2.10. The second-order valence-corrected chi connectivity index (χ2v) is 6.00. The SMILES string of the molecule is Clc1ccc2c(ccn2CCNc2ccc(Br)cc2)c1. The van der Waals surface area contributed by atoms with Gasteiger partial charge in [-0.05, 0) is 48.5 Å². The second kappa shape index (κ2) is 5.90. The molecule has 0 unspecified atom stereocenters. The lowest BCUT2D eigenvalue weighted by molar-refractivity contribution is 0.757. The lowest BCUT2D eigenvalue weighted by atomic mass is 10.2. The number of hydrogen-bond donors (Lipinski definition) is 1. The second-order valence-electron chi connectivity index (χ2n) is 4.65. The van der Waals surface area contributed by atoms with Gasteiger partial charge in [-0.15, -0.1) is 0 Å². The minimum absolute atomic E-state index is 0.781. The van der Waals surface area contributed by atoms with E-state index in [4.69, 9.17) is 11.6 Å². The number of fused-ring (bicyclic) bond motifs is 1. The number of nitrogens with one attached hydrogen (secondary N) is 1. The van der Waals surface area contributed by atoms with Gasteiger partial charge in [0, 0.05) is 45.4 Å². The molecule has 0 saturated carbocycles. The van der Waals surface area contributed by atoms with Crippen molar-refractivity contribution in [3.63, 3.8) is 0 Å². The Morgan fingerprint density at radius 2 is 1.85 bits per heavy atom. The number of halogens is 2.